The van der Waals surface area contributed by atoms with E-state index in [1.54, 1.807) is 0 Å². The molecule has 1 rings (SSSR count). The van der Waals surface area contributed by atoms with Crippen LogP contribution in [0.2, 0.25) is 0 Å². The SMILES string of the molecule is S=C1C=C(CBr)C=CC1. The molecular weight excluding hydrogens is 196 g/mol. The number of rotatable bonds is 1. The Labute approximate surface area is 68.8 Å². The zero-order chi connectivity index (χ0) is 6.69. The molecule has 0 nitrogen and oxygen atoms in total. The van der Waals surface area contributed by atoms with Gasteiger partial charge >= 0.3 is 0 Å². The lowest BCUT2D eigenvalue weighted by Gasteiger charge is -2.02. The van der Waals surface area contributed by atoms with Gasteiger partial charge in [-0.1, -0.05) is 40.3 Å². The second kappa shape index (κ2) is 3.28. The lowest BCUT2D eigenvalue weighted by molar-refractivity contribution is 1.43. The van der Waals surface area contributed by atoms with Crippen LogP contribution >= 0.6 is 28.1 Å². The van der Waals surface area contributed by atoms with Crippen molar-refractivity contribution in [1.82, 2.24) is 0 Å². The smallest absolute Gasteiger partial charge is 0.0283 e. The topological polar surface area (TPSA) is 0 Å². The fourth-order valence-corrected chi connectivity index (χ4v) is 1.32. The molecule has 9 heavy (non-hydrogen) atoms. The molecule has 0 aromatic heterocycles. The summed E-state index contributed by atoms with van der Waals surface area (Å²) in [4.78, 5) is 1.03. The molecule has 0 fully saturated rings. The summed E-state index contributed by atoms with van der Waals surface area (Å²) in [6.45, 7) is 0. The monoisotopic (exact) mass is 202 g/mol. The van der Waals surface area contributed by atoms with Gasteiger partial charge in [0.2, 0.25) is 0 Å². The molecule has 0 N–H and O–H groups in total. The van der Waals surface area contributed by atoms with E-state index in [2.05, 4.69) is 28.1 Å². The van der Waals surface area contributed by atoms with Gasteiger partial charge in [0.15, 0.2) is 0 Å². The zero-order valence-electron chi connectivity index (χ0n) is 4.93. The standard InChI is InChI=1S/C7H7BrS/c8-5-6-2-1-3-7(9)4-6/h1-2,4H,3,5H2. The molecule has 48 valence electrons. The van der Waals surface area contributed by atoms with E-state index in [1.807, 2.05) is 6.08 Å². The largest absolute Gasteiger partial charge is 0.0876 e. The number of alkyl halides is 1. The summed E-state index contributed by atoms with van der Waals surface area (Å²) in [6.07, 6.45) is 7.18. The quantitative estimate of drug-likeness (QED) is 0.466. The number of hydrogen-bond acceptors (Lipinski definition) is 1. The Morgan fingerprint density at radius 2 is 2.44 bits per heavy atom. The van der Waals surface area contributed by atoms with Gasteiger partial charge in [0, 0.05) is 16.6 Å². The molecule has 0 aliphatic heterocycles. The first kappa shape index (κ1) is 7.16. The highest BCUT2D eigenvalue weighted by atomic mass is 79.9. The highest BCUT2D eigenvalue weighted by Gasteiger charge is 1.97. The van der Waals surface area contributed by atoms with Crippen LogP contribution in [0.5, 0.6) is 0 Å². The fraction of sp³-hybridized carbons (Fsp3) is 0.286. The van der Waals surface area contributed by atoms with Crippen LogP contribution in [0.1, 0.15) is 6.42 Å². The van der Waals surface area contributed by atoms with Crippen molar-refractivity contribution in [3.05, 3.63) is 23.8 Å². The normalized spacial score (nSPS) is 17.9. The molecule has 0 spiro atoms. The minimum Gasteiger partial charge on any atom is -0.0876 e. The second-order valence-electron chi connectivity index (χ2n) is 1.93. The summed E-state index contributed by atoms with van der Waals surface area (Å²) in [7, 11) is 0. The van der Waals surface area contributed by atoms with Crippen molar-refractivity contribution >= 4 is 33.0 Å². The van der Waals surface area contributed by atoms with Crippen LogP contribution in [0.25, 0.3) is 0 Å². The summed E-state index contributed by atoms with van der Waals surface area (Å²) in [6, 6.07) is 0. The van der Waals surface area contributed by atoms with Crippen LogP contribution in [-0.4, -0.2) is 10.2 Å². The fourth-order valence-electron chi connectivity index (χ4n) is 0.723. The molecule has 0 radical (unpaired) electrons. The van der Waals surface area contributed by atoms with Crippen molar-refractivity contribution in [2.24, 2.45) is 0 Å². The van der Waals surface area contributed by atoms with E-state index >= 15 is 0 Å². The van der Waals surface area contributed by atoms with Gasteiger partial charge in [-0.3, -0.25) is 0 Å². The Kier molecular flexibility index (Phi) is 2.61. The third kappa shape index (κ3) is 2.03. The van der Waals surface area contributed by atoms with Gasteiger partial charge in [-0.15, -0.1) is 0 Å². The van der Waals surface area contributed by atoms with Crippen LogP contribution < -0.4 is 0 Å². The van der Waals surface area contributed by atoms with E-state index < -0.39 is 0 Å². The molecule has 0 amide bonds. The molecule has 0 bridgehead atoms. The molecule has 0 saturated heterocycles. The van der Waals surface area contributed by atoms with Gasteiger partial charge in [-0.25, -0.2) is 0 Å². The summed E-state index contributed by atoms with van der Waals surface area (Å²) < 4.78 is 0. The van der Waals surface area contributed by atoms with Crippen LogP contribution in [0.4, 0.5) is 0 Å². The molecule has 2 heteroatoms. The minimum absolute atomic E-state index is 0.906. The molecule has 0 saturated carbocycles. The van der Waals surface area contributed by atoms with E-state index in [9.17, 15) is 0 Å². The molecule has 0 unspecified atom stereocenters. The average molecular weight is 203 g/mol. The molecule has 0 aromatic rings. The van der Waals surface area contributed by atoms with Crippen molar-refractivity contribution < 1.29 is 0 Å². The van der Waals surface area contributed by atoms with E-state index in [0.29, 0.717) is 0 Å². The van der Waals surface area contributed by atoms with Gasteiger partial charge in [0.25, 0.3) is 0 Å². The molecule has 1 aliphatic carbocycles. The first-order valence-corrected chi connectivity index (χ1v) is 4.32. The number of hydrogen-bond donors (Lipinski definition) is 0. The minimum atomic E-state index is 0.906. The summed E-state index contributed by atoms with van der Waals surface area (Å²) in [5.41, 5.74) is 1.27. The van der Waals surface area contributed by atoms with Crippen LogP contribution in [0, 0.1) is 0 Å². The molecular formula is C7H7BrS. The lowest BCUT2D eigenvalue weighted by Crippen LogP contribution is -1.94. The van der Waals surface area contributed by atoms with E-state index in [4.69, 9.17) is 12.2 Å². The highest BCUT2D eigenvalue weighted by Crippen LogP contribution is 2.09. The van der Waals surface area contributed by atoms with Crippen molar-refractivity contribution in [3.63, 3.8) is 0 Å². The number of thiocarbonyl (C=S) groups is 1. The Morgan fingerprint density at radius 3 is 2.89 bits per heavy atom. The van der Waals surface area contributed by atoms with Crippen molar-refractivity contribution in [3.8, 4) is 0 Å². The second-order valence-corrected chi connectivity index (χ2v) is 3.01. The molecule has 0 heterocycles. The third-order valence-corrected chi connectivity index (χ3v) is 2.08. The van der Waals surface area contributed by atoms with Crippen molar-refractivity contribution in [2.75, 3.05) is 5.33 Å². The highest BCUT2D eigenvalue weighted by molar-refractivity contribution is 9.09. The maximum atomic E-state index is 5.00. The van der Waals surface area contributed by atoms with E-state index in [0.717, 1.165) is 16.6 Å². The third-order valence-electron chi connectivity index (χ3n) is 1.15. The number of halogens is 1. The Bertz CT molecular complexity index is 179. The molecule has 0 atom stereocenters. The van der Waals surface area contributed by atoms with Crippen molar-refractivity contribution in [1.29, 1.82) is 0 Å². The predicted molar refractivity (Wildman–Crippen MR) is 48.2 cm³/mol. The molecule has 1 aliphatic rings. The van der Waals surface area contributed by atoms with Crippen LogP contribution in [0.15, 0.2) is 23.8 Å². The predicted octanol–water partition coefficient (Wildman–Crippen LogP) is 2.64. The van der Waals surface area contributed by atoms with Crippen LogP contribution in [-0.2, 0) is 0 Å². The summed E-state index contributed by atoms with van der Waals surface area (Å²) in [5.74, 6) is 0. The average Bonchev–Trinajstić information content (AvgIpc) is 1.88. The Hall–Kier alpha value is 0.0500. The maximum absolute atomic E-state index is 5.00. The van der Waals surface area contributed by atoms with E-state index in [1.165, 1.54) is 5.57 Å². The molecule has 0 aromatic carbocycles. The number of allylic oxidation sites excluding steroid dienone is 4. The van der Waals surface area contributed by atoms with Gasteiger partial charge in [-0.2, -0.15) is 0 Å². The van der Waals surface area contributed by atoms with Gasteiger partial charge in [-0.05, 0) is 11.6 Å². The van der Waals surface area contributed by atoms with Gasteiger partial charge < -0.3 is 0 Å². The lowest BCUT2D eigenvalue weighted by atomic mass is 10.1. The van der Waals surface area contributed by atoms with Crippen molar-refractivity contribution in [2.45, 2.75) is 6.42 Å². The van der Waals surface area contributed by atoms with Gasteiger partial charge in [0.05, 0.1) is 0 Å². The Balaban J connectivity index is 2.70. The Morgan fingerprint density at radius 1 is 1.67 bits per heavy atom. The maximum Gasteiger partial charge on any atom is 0.0283 e. The summed E-state index contributed by atoms with van der Waals surface area (Å²) in [5, 5.41) is 0.906. The zero-order valence-corrected chi connectivity index (χ0v) is 7.33. The van der Waals surface area contributed by atoms with Gasteiger partial charge in [0.1, 0.15) is 0 Å². The first-order chi connectivity index (χ1) is 4.33. The first-order valence-electron chi connectivity index (χ1n) is 2.79. The van der Waals surface area contributed by atoms with Crippen LogP contribution in [0.3, 0.4) is 0 Å². The van der Waals surface area contributed by atoms with E-state index in [-0.39, 0.29) is 0 Å². The summed E-state index contributed by atoms with van der Waals surface area (Å²) >= 11 is 8.36.